The first-order chi connectivity index (χ1) is 14.0. The van der Waals surface area contributed by atoms with Crippen molar-refractivity contribution < 1.29 is 19.4 Å². The van der Waals surface area contributed by atoms with Crippen LogP contribution in [-0.2, 0) is 0 Å². The van der Waals surface area contributed by atoms with Gasteiger partial charge < -0.3 is 29.8 Å². The van der Waals surface area contributed by atoms with E-state index in [0.717, 1.165) is 28.1 Å². The van der Waals surface area contributed by atoms with Crippen LogP contribution in [0.4, 0.5) is 5.69 Å². The lowest BCUT2D eigenvalue weighted by atomic mass is 10.0. The number of aromatic nitrogens is 1. The minimum absolute atomic E-state index is 0.0803. The maximum Gasteiger partial charge on any atom is 0.254 e. The van der Waals surface area contributed by atoms with E-state index in [1.807, 2.05) is 49.5 Å². The Hall–Kier alpha value is -3.19. The topological polar surface area (TPSA) is 86.8 Å². The van der Waals surface area contributed by atoms with Gasteiger partial charge in [-0.15, -0.1) is 0 Å². The Labute approximate surface area is 168 Å². The third-order valence-corrected chi connectivity index (χ3v) is 5.44. The summed E-state index contributed by atoms with van der Waals surface area (Å²) in [5.41, 5.74) is 1.99. The quantitative estimate of drug-likeness (QED) is 0.634. The molecule has 2 aliphatic heterocycles. The van der Waals surface area contributed by atoms with Crippen molar-refractivity contribution in [3.63, 3.8) is 0 Å². The highest BCUT2D eigenvalue weighted by molar-refractivity contribution is 5.96. The molecule has 150 valence electrons. The normalized spacial score (nSPS) is 21.1. The summed E-state index contributed by atoms with van der Waals surface area (Å²) >= 11 is 0. The van der Waals surface area contributed by atoms with Crippen molar-refractivity contribution in [2.24, 2.45) is 0 Å². The van der Waals surface area contributed by atoms with E-state index in [0.29, 0.717) is 31.9 Å². The lowest BCUT2D eigenvalue weighted by molar-refractivity contribution is 0.00589. The number of likely N-dealkylation sites (tertiary alicyclic amines) is 1. The molecule has 0 bridgehead atoms. The van der Waals surface area contributed by atoms with Crippen LogP contribution in [0.2, 0.25) is 0 Å². The van der Waals surface area contributed by atoms with E-state index < -0.39 is 11.6 Å². The number of benzene rings is 2. The first-order valence-corrected chi connectivity index (χ1v) is 9.71. The smallest absolute Gasteiger partial charge is 0.254 e. The van der Waals surface area contributed by atoms with Crippen molar-refractivity contribution in [3.05, 3.63) is 54.2 Å². The molecule has 1 aromatic heterocycles. The van der Waals surface area contributed by atoms with Crippen molar-refractivity contribution >= 4 is 22.5 Å². The molecule has 2 aliphatic rings. The summed E-state index contributed by atoms with van der Waals surface area (Å²) in [6, 6.07) is 13.3. The second-order valence-corrected chi connectivity index (χ2v) is 8.06. The van der Waals surface area contributed by atoms with Gasteiger partial charge in [-0.2, -0.15) is 0 Å². The zero-order valence-electron chi connectivity index (χ0n) is 16.1. The summed E-state index contributed by atoms with van der Waals surface area (Å²) in [5, 5.41) is 14.0. The van der Waals surface area contributed by atoms with E-state index in [9.17, 15) is 9.90 Å². The molecule has 1 fully saturated rings. The highest BCUT2D eigenvalue weighted by atomic mass is 16.5. The van der Waals surface area contributed by atoms with Gasteiger partial charge in [0.25, 0.3) is 5.91 Å². The lowest BCUT2D eigenvalue weighted by Gasteiger charge is -2.38. The van der Waals surface area contributed by atoms with Gasteiger partial charge in [0.05, 0.1) is 11.8 Å². The molecule has 0 aliphatic carbocycles. The minimum atomic E-state index is -0.436. The van der Waals surface area contributed by atoms with E-state index >= 15 is 0 Å². The van der Waals surface area contributed by atoms with Gasteiger partial charge >= 0.3 is 0 Å². The molecule has 5 rings (SSSR count). The van der Waals surface area contributed by atoms with Crippen LogP contribution in [0.5, 0.6) is 11.5 Å². The molecule has 1 amide bonds. The van der Waals surface area contributed by atoms with E-state index in [2.05, 4.69) is 10.3 Å². The standard InChI is InChI=1S/C22H23N3O4/c1-22(12-28-17-3-4-18-14(8-17)6-7-23-18)13-29-20-5-2-15(9-19(20)24-22)21(27)25-10-16(26)11-25/h2-9,16,23-24,26H,10-13H2,1H3. The van der Waals surface area contributed by atoms with Gasteiger partial charge in [-0.3, -0.25) is 4.79 Å². The SMILES string of the molecule is CC1(COc2ccc3[nH]ccc3c2)COc2ccc(C(=O)N3CC(O)C3)cc2N1. The molecule has 2 aromatic carbocycles. The van der Waals surface area contributed by atoms with Crippen molar-refractivity contribution in [2.75, 3.05) is 31.6 Å². The van der Waals surface area contributed by atoms with Crippen molar-refractivity contribution in [3.8, 4) is 11.5 Å². The predicted octanol–water partition coefficient (Wildman–Crippen LogP) is 2.63. The Morgan fingerprint density at radius 3 is 2.97 bits per heavy atom. The number of carbonyl (C=O) groups is 1. The number of aromatic amines is 1. The Morgan fingerprint density at radius 1 is 1.28 bits per heavy atom. The summed E-state index contributed by atoms with van der Waals surface area (Å²) in [5.74, 6) is 1.44. The fourth-order valence-electron chi connectivity index (χ4n) is 3.73. The number of rotatable bonds is 4. The molecule has 7 nitrogen and oxygen atoms in total. The van der Waals surface area contributed by atoms with Crippen molar-refractivity contribution in [1.29, 1.82) is 0 Å². The van der Waals surface area contributed by atoms with Crippen LogP contribution in [0.1, 0.15) is 17.3 Å². The summed E-state index contributed by atoms with van der Waals surface area (Å²) in [6.45, 7) is 3.68. The predicted molar refractivity (Wildman–Crippen MR) is 110 cm³/mol. The molecule has 1 atom stereocenters. The fraction of sp³-hybridized carbons (Fsp3) is 0.318. The molecule has 0 saturated carbocycles. The number of β-amino-alcohol motifs (C(OH)–C–C–N with tert-alkyl or cyclic N) is 1. The Morgan fingerprint density at radius 2 is 2.14 bits per heavy atom. The van der Waals surface area contributed by atoms with Crippen LogP contribution in [0.25, 0.3) is 10.9 Å². The molecule has 3 aromatic rings. The molecular weight excluding hydrogens is 370 g/mol. The molecule has 0 radical (unpaired) electrons. The van der Waals surface area contributed by atoms with Gasteiger partial charge in [0.2, 0.25) is 0 Å². The number of aliphatic hydroxyl groups excluding tert-OH is 1. The van der Waals surface area contributed by atoms with Crippen LogP contribution in [0, 0.1) is 0 Å². The number of nitrogens with one attached hydrogen (secondary N) is 2. The number of ether oxygens (including phenoxy) is 2. The fourth-order valence-corrected chi connectivity index (χ4v) is 3.73. The lowest BCUT2D eigenvalue weighted by Crippen LogP contribution is -2.53. The highest BCUT2D eigenvalue weighted by Gasteiger charge is 2.34. The third kappa shape index (κ3) is 3.38. The minimum Gasteiger partial charge on any atom is -0.491 e. The molecule has 1 unspecified atom stereocenters. The number of nitrogens with zero attached hydrogens (tertiary/aromatic N) is 1. The molecule has 7 heteroatoms. The van der Waals surface area contributed by atoms with E-state index in [4.69, 9.17) is 9.47 Å². The molecule has 3 N–H and O–H groups in total. The molecule has 0 spiro atoms. The average molecular weight is 393 g/mol. The number of H-pyrrole nitrogens is 1. The number of aliphatic hydroxyl groups is 1. The van der Waals surface area contributed by atoms with Crippen LogP contribution >= 0.6 is 0 Å². The van der Waals surface area contributed by atoms with E-state index in [1.165, 1.54) is 0 Å². The molecule has 3 heterocycles. The van der Waals surface area contributed by atoms with Crippen molar-refractivity contribution in [1.82, 2.24) is 9.88 Å². The Bertz CT molecular complexity index is 1070. The van der Waals surface area contributed by atoms with Crippen molar-refractivity contribution in [2.45, 2.75) is 18.6 Å². The Balaban J connectivity index is 1.29. The van der Waals surface area contributed by atoms with Gasteiger partial charge in [-0.1, -0.05) is 0 Å². The molecular formula is C22H23N3O4. The van der Waals surface area contributed by atoms with Gasteiger partial charge in [-0.25, -0.2) is 0 Å². The van der Waals surface area contributed by atoms with Gasteiger partial charge in [0.1, 0.15) is 30.3 Å². The van der Waals surface area contributed by atoms with E-state index in [-0.39, 0.29) is 5.91 Å². The van der Waals surface area contributed by atoms with Gasteiger partial charge in [-0.05, 0) is 49.4 Å². The molecule has 29 heavy (non-hydrogen) atoms. The monoisotopic (exact) mass is 393 g/mol. The average Bonchev–Trinajstić information content (AvgIpc) is 3.17. The number of fused-ring (bicyclic) bond motifs is 2. The number of anilines is 1. The summed E-state index contributed by atoms with van der Waals surface area (Å²) in [6.07, 6.45) is 1.49. The zero-order valence-corrected chi connectivity index (χ0v) is 16.1. The third-order valence-electron chi connectivity index (χ3n) is 5.44. The number of hydrogen-bond acceptors (Lipinski definition) is 5. The first-order valence-electron chi connectivity index (χ1n) is 9.71. The van der Waals surface area contributed by atoms with Crippen LogP contribution < -0.4 is 14.8 Å². The maximum atomic E-state index is 12.5. The van der Waals surface area contributed by atoms with Crippen LogP contribution in [0.15, 0.2) is 48.7 Å². The highest BCUT2D eigenvalue weighted by Crippen LogP contribution is 2.34. The zero-order chi connectivity index (χ0) is 20.0. The second kappa shape index (κ2) is 6.70. The first kappa shape index (κ1) is 17.9. The van der Waals surface area contributed by atoms with Crippen LogP contribution in [0.3, 0.4) is 0 Å². The van der Waals surface area contributed by atoms with Gasteiger partial charge in [0.15, 0.2) is 0 Å². The Kier molecular flexibility index (Phi) is 4.13. The summed E-state index contributed by atoms with van der Waals surface area (Å²) in [7, 11) is 0. The number of hydrogen-bond donors (Lipinski definition) is 3. The van der Waals surface area contributed by atoms with Gasteiger partial charge in [0, 0.05) is 35.8 Å². The largest absolute Gasteiger partial charge is 0.491 e. The summed E-state index contributed by atoms with van der Waals surface area (Å²) < 4.78 is 12.0. The van der Waals surface area contributed by atoms with E-state index in [1.54, 1.807) is 11.0 Å². The maximum absolute atomic E-state index is 12.5. The second-order valence-electron chi connectivity index (χ2n) is 8.06. The number of carbonyl (C=O) groups excluding carboxylic acids is 1. The van der Waals surface area contributed by atoms with Crippen LogP contribution in [-0.4, -0.2) is 58.8 Å². The number of amides is 1. The molecule has 1 saturated heterocycles. The summed E-state index contributed by atoms with van der Waals surface area (Å²) in [4.78, 5) is 17.3.